The van der Waals surface area contributed by atoms with Crippen LogP contribution in [0, 0.1) is 19.7 Å². The maximum atomic E-state index is 13.7. The number of hydrogen-bond acceptors (Lipinski definition) is 0. The maximum Gasteiger partial charge on any atom is 0.129 e. The van der Waals surface area contributed by atoms with Crippen molar-refractivity contribution in [2.45, 2.75) is 18.7 Å². The van der Waals surface area contributed by atoms with Crippen molar-refractivity contribution in [1.82, 2.24) is 0 Å². The van der Waals surface area contributed by atoms with Crippen molar-refractivity contribution in [2.24, 2.45) is 0 Å². The summed E-state index contributed by atoms with van der Waals surface area (Å²) in [5, 5.41) is 1.25. The summed E-state index contributed by atoms with van der Waals surface area (Å²) < 4.78 is 13.7. The van der Waals surface area contributed by atoms with Gasteiger partial charge in [-0.1, -0.05) is 51.3 Å². The Morgan fingerprint density at radius 1 is 1.05 bits per heavy atom. The van der Waals surface area contributed by atoms with Gasteiger partial charge in [0.1, 0.15) is 5.82 Å². The molecule has 19 heavy (non-hydrogen) atoms. The molecule has 0 saturated carbocycles. The molecule has 0 radical (unpaired) electrons. The minimum Gasteiger partial charge on any atom is -0.206 e. The van der Waals surface area contributed by atoms with Gasteiger partial charge in [0.15, 0.2) is 0 Å². The highest BCUT2D eigenvalue weighted by molar-refractivity contribution is 9.09. The lowest BCUT2D eigenvalue weighted by atomic mass is 10.00. The van der Waals surface area contributed by atoms with Crippen molar-refractivity contribution in [2.75, 3.05) is 0 Å². The van der Waals surface area contributed by atoms with Gasteiger partial charge in [-0.05, 0) is 54.3 Å². The summed E-state index contributed by atoms with van der Waals surface area (Å²) in [5.74, 6) is -0.166. The number of alkyl halides is 1. The molecular formula is C15H12BrCl2F. The van der Waals surface area contributed by atoms with E-state index < -0.39 is 0 Å². The first kappa shape index (κ1) is 14.8. The third-order valence-corrected chi connectivity index (χ3v) is 4.58. The molecule has 0 saturated heterocycles. The molecule has 0 aliphatic carbocycles. The van der Waals surface area contributed by atoms with Crippen LogP contribution in [0.3, 0.4) is 0 Å². The zero-order valence-electron chi connectivity index (χ0n) is 10.5. The summed E-state index contributed by atoms with van der Waals surface area (Å²) in [4.78, 5) is -0.114. The summed E-state index contributed by atoms with van der Waals surface area (Å²) in [7, 11) is 0. The molecule has 0 aliphatic rings. The van der Waals surface area contributed by atoms with E-state index in [0.29, 0.717) is 21.2 Å². The second-order valence-electron chi connectivity index (χ2n) is 4.50. The Bertz CT molecular complexity index is 603. The highest BCUT2D eigenvalue weighted by Crippen LogP contribution is 2.37. The van der Waals surface area contributed by atoms with Gasteiger partial charge in [0.2, 0.25) is 0 Å². The van der Waals surface area contributed by atoms with Gasteiger partial charge in [0, 0.05) is 10.0 Å². The molecule has 0 aromatic heterocycles. The third-order valence-electron chi connectivity index (χ3n) is 2.98. The van der Waals surface area contributed by atoms with Gasteiger partial charge in [-0.15, -0.1) is 0 Å². The monoisotopic (exact) mass is 360 g/mol. The Balaban J connectivity index is 2.49. The fourth-order valence-electron chi connectivity index (χ4n) is 2.01. The molecule has 1 unspecified atom stereocenters. The van der Waals surface area contributed by atoms with Crippen molar-refractivity contribution in [1.29, 1.82) is 0 Å². The summed E-state index contributed by atoms with van der Waals surface area (Å²) in [6, 6.07) is 8.96. The Labute approximate surface area is 130 Å². The van der Waals surface area contributed by atoms with Gasteiger partial charge in [-0.25, -0.2) is 4.39 Å². The van der Waals surface area contributed by atoms with E-state index in [9.17, 15) is 4.39 Å². The van der Waals surface area contributed by atoms with Crippen molar-refractivity contribution in [3.63, 3.8) is 0 Å². The molecule has 2 rings (SSSR count). The fourth-order valence-corrected chi connectivity index (χ4v) is 3.20. The summed E-state index contributed by atoms with van der Waals surface area (Å²) in [6.07, 6.45) is 0. The number of rotatable bonds is 2. The summed E-state index contributed by atoms with van der Waals surface area (Å²) in [6.45, 7) is 3.51. The second-order valence-corrected chi connectivity index (χ2v) is 6.26. The fraction of sp³-hybridized carbons (Fsp3) is 0.200. The van der Waals surface area contributed by atoms with Gasteiger partial charge in [-0.2, -0.15) is 0 Å². The van der Waals surface area contributed by atoms with Crippen molar-refractivity contribution in [3.8, 4) is 0 Å². The van der Waals surface area contributed by atoms with Crippen molar-refractivity contribution >= 4 is 39.1 Å². The first-order valence-corrected chi connectivity index (χ1v) is 7.43. The van der Waals surface area contributed by atoms with E-state index in [1.165, 1.54) is 0 Å². The van der Waals surface area contributed by atoms with Crippen LogP contribution in [-0.2, 0) is 0 Å². The molecule has 0 fully saturated rings. The second kappa shape index (κ2) is 5.82. The van der Waals surface area contributed by atoms with E-state index >= 15 is 0 Å². The molecule has 0 amide bonds. The summed E-state index contributed by atoms with van der Waals surface area (Å²) in [5.41, 5.74) is 3.08. The van der Waals surface area contributed by atoms with E-state index in [1.54, 1.807) is 26.0 Å². The molecule has 0 aliphatic heterocycles. The van der Waals surface area contributed by atoms with Crippen LogP contribution in [0.2, 0.25) is 10.0 Å². The first-order chi connectivity index (χ1) is 8.90. The SMILES string of the molecule is Cc1cc(C(Br)c2cc(Cl)ccc2Cl)cc(C)c1F. The maximum absolute atomic E-state index is 13.7. The Morgan fingerprint density at radius 3 is 2.21 bits per heavy atom. The minimum atomic E-state index is -0.166. The van der Waals surface area contributed by atoms with Crippen LogP contribution in [0.1, 0.15) is 27.1 Å². The Morgan fingerprint density at radius 2 is 1.63 bits per heavy atom. The van der Waals surface area contributed by atoms with Gasteiger partial charge in [0.05, 0.1) is 4.83 Å². The average Bonchev–Trinajstić information content (AvgIpc) is 2.37. The molecule has 100 valence electrons. The van der Waals surface area contributed by atoms with Crippen molar-refractivity contribution < 1.29 is 4.39 Å². The van der Waals surface area contributed by atoms with Crippen LogP contribution in [-0.4, -0.2) is 0 Å². The lowest BCUT2D eigenvalue weighted by Crippen LogP contribution is -1.98. The van der Waals surface area contributed by atoms with E-state index in [4.69, 9.17) is 23.2 Å². The van der Waals surface area contributed by atoms with E-state index in [2.05, 4.69) is 15.9 Å². The third kappa shape index (κ3) is 3.13. The lowest BCUT2D eigenvalue weighted by Gasteiger charge is -2.15. The van der Waals surface area contributed by atoms with Gasteiger partial charge >= 0.3 is 0 Å². The Kier molecular flexibility index (Phi) is 4.54. The zero-order chi connectivity index (χ0) is 14.2. The molecule has 0 nitrogen and oxygen atoms in total. The quantitative estimate of drug-likeness (QED) is 0.556. The lowest BCUT2D eigenvalue weighted by molar-refractivity contribution is 0.608. The van der Waals surface area contributed by atoms with E-state index in [-0.39, 0.29) is 10.6 Å². The van der Waals surface area contributed by atoms with Gasteiger partial charge in [-0.3, -0.25) is 0 Å². The molecular weight excluding hydrogens is 350 g/mol. The van der Waals surface area contributed by atoms with Crippen LogP contribution in [0.15, 0.2) is 30.3 Å². The van der Waals surface area contributed by atoms with Crippen LogP contribution in [0.5, 0.6) is 0 Å². The normalized spacial score (nSPS) is 12.5. The highest BCUT2D eigenvalue weighted by Gasteiger charge is 2.16. The molecule has 0 bridgehead atoms. The van der Waals surface area contributed by atoms with Gasteiger partial charge in [0.25, 0.3) is 0 Å². The number of hydrogen-bond donors (Lipinski definition) is 0. The van der Waals surface area contributed by atoms with Crippen LogP contribution in [0.25, 0.3) is 0 Å². The number of benzene rings is 2. The number of aryl methyl sites for hydroxylation is 2. The first-order valence-electron chi connectivity index (χ1n) is 5.76. The number of halogens is 4. The largest absolute Gasteiger partial charge is 0.206 e. The predicted molar refractivity (Wildman–Crippen MR) is 83.1 cm³/mol. The molecule has 1 atom stereocenters. The van der Waals surface area contributed by atoms with E-state index in [1.807, 2.05) is 18.2 Å². The standard InChI is InChI=1S/C15H12BrCl2F/c1-8-5-10(6-9(2)15(8)19)14(16)12-7-11(17)3-4-13(12)18/h3-7,14H,1-2H3. The minimum absolute atomic E-state index is 0.114. The topological polar surface area (TPSA) is 0 Å². The van der Waals surface area contributed by atoms with Crippen LogP contribution >= 0.6 is 39.1 Å². The molecule has 0 heterocycles. The molecule has 2 aromatic carbocycles. The predicted octanol–water partition coefficient (Wildman–Crippen LogP) is 6.23. The smallest absolute Gasteiger partial charge is 0.129 e. The average molecular weight is 362 g/mol. The van der Waals surface area contributed by atoms with Gasteiger partial charge < -0.3 is 0 Å². The summed E-state index contributed by atoms with van der Waals surface area (Å²) >= 11 is 15.8. The highest BCUT2D eigenvalue weighted by atomic mass is 79.9. The molecule has 0 N–H and O–H groups in total. The molecule has 2 aromatic rings. The van der Waals surface area contributed by atoms with Crippen LogP contribution in [0.4, 0.5) is 4.39 Å². The van der Waals surface area contributed by atoms with E-state index in [0.717, 1.165) is 11.1 Å². The Hall–Kier alpha value is -0.570. The van der Waals surface area contributed by atoms with Crippen molar-refractivity contribution in [3.05, 3.63) is 68.4 Å². The molecule has 4 heteroatoms. The van der Waals surface area contributed by atoms with Crippen LogP contribution < -0.4 is 0 Å². The molecule has 0 spiro atoms. The zero-order valence-corrected chi connectivity index (χ0v) is 13.6.